The summed E-state index contributed by atoms with van der Waals surface area (Å²) in [6.07, 6.45) is 4.05. The van der Waals surface area contributed by atoms with E-state index >= 15 is 0 Å². The second kappa shape index (κ2) is 5.20. The predicted molar refractivity (Wildman–Crippen MR) is 77.7 cm³/mol. The molecule has 2 heterocycles. The molecule has 1 aliphatic heterocycles. The number of carbonyl (C=O) groups excluding carboxylic acids is 1. The predicted octanol–water partition coefficient (Wildman–Crippen LogP) is 1.75. The van der Waals surface area contributed by atoms with Gasteiger partial charge in [0.2, 0.25) is 0 Å². The van der Waals surface area contributed by atoms with Gasteiger partial charge in [-0.15, -0.1) is 0 Å². The fourth-order valence-electron chi connectivity index (χ4n) is 2.88. The summed E-state index contributed by atoms with van der Waals surface area (Å²) in [5, 5.41) is 3.15. The summed E-state index contributed by atoms with van der Waals surface area (Å²) in [4.78, 5) is 22.2. The number of imidazole rings is 1. The van der Waals surface area contributed by atoms with E-state index < -0.39 is 0 Å². The van der Waals surface area contributed by atoms with Crippen LogP contribution in [-0.2, 0) is 0 Å². The summed E-state index contributed by atoms with van der Waals surface area (Å²) in [6.45, 7) is 8.60. The normalized spacial score (nSPS) is 27.2. The van der Waals surface area contributed by atoms with Gasteiger partial charge in [-0.05, 0) is 32.6 Å². The molecule has 2 aliphatic rings. The number of nitrogens with zero attached hydrogens (tertiary/aromatic N) is 2. The van der Waals surface area contributed by atoms with Gasteiger partial charge in [-0.2, -0.15) is 0 Å². The Bertz CT molecular complexity index is 492. The zero-order valence-corrected chi connectivity index (χ0v) is 12.5. The van der Waals surface area contributed by atoms with E-state index in [1.54, 1.807) is 6.20 Å². The van der Waals surface area contributed by atoms with Crippen molar-refractivity contribution in [3.63, 3.8) is 0 Å². The van der Waals surface area contributed by atoms with Crippen LogP contribution in [0.2, 0.25) is 0 Å². The molecule has 2 N–H and O–H groups in total. The Hall–Kier alpha value is -1.36. The summed E-state index contributed by atoms with van der Waals surface area (Å²) in [5.41, 5.74) is 0.599. The molecule has 2 fully saturated rings. The molecule has 2 unspecified atom stereocenters. The van der Waals surface area contributed by atoms with Gasteiger partial charge >= 0.3 is 0 Å². The Balaban J connectivity index is 1.60. The molecule has 0 radical (unpaired) electrons. The van der Waals surface area contributed by atoms with Crippen molar-refractivity contribution >= 4 is 5.91 Å². The highest BCUT2D eigenvalue weighted by atomic mass is 16.2. The van der Waals surface area contributed by atoms with Crippen molar-refractivity contribution in [1.29, 1.82) is 0 Å². The van der Waals surface area contributed by atoms with Crippen LogP contribution in [0, 0.1) is 5.92 Å². The van der Waals surface area contributed by atoms with Crippen molar-refractivity contribution in [2.45, 2.75) is 51.6 Å². The van der Waals surface area contributed by atoms with Crippen molar-refractivity contribution in [1.82, 2.24) is 20.2 Å². The SMILES string of the molecule is CC1CN(C(C)C)CC1NC(=O)c1cnc(C2CC2)[nH]1. The van der Waals surface area contributed by atoms with Gasteiger partial charge in [0.25, 0.3) is 5.91 Å². The van der Waals surface area contributed by atoms with E-state index in [-0.39, 0.29) is 11.9 Å². The molecule has 1 aromatic heterocycles. The van der Waals surface area contributed by atoms with Crippen LogP contribution in [0.25, 0.3) is 0 Å². The van der Waals surface area contributed by atoms with Gasteiger partial charge in [-0.1, -0.05) is 6.92 Å². The molecule has 1 amide bonds. The van der Waals surface area contributed by atoms with Crippen LogP contribution in [-0.4, -0.2) is 45.9 Å². The summed E-state index contributed by atoms with van der Waals surface area (Å²) < 4.78 is 0. The highest BCUT2D eigenvalue weighted by molar-refractivity contribution is 5.92. The zero-order valence-electron chi connectivity index (χ0n) is 12.5. The lowest BCUT2D eigenvalue weighted by molar-refractivity contribution is 0.0926. The van der Waals surface area contributed by atoms with Crippen molar-refractivity contribution in [2.24, 2.45) is 5.92 Å². The van der Waals surface area contributed by atoms with E-state index in [1.165, 1.54) is 12.8 Å². The lowest BCUT2D eigenvalue weighted by Crippen LogP contribution is -2.40. The van der Waals surface area contributed by atoms with E-state index in [1.807, 2.05) is 0 Å². The van der Waals surface area contributed by atoms with Crippen LogP contribution in [0.4, 0.5) is 0 Å². The Morgan fingerprint density at radius 1 is 1.45 bits per heavy atom. The molecule has 0 aromatic carbocycles. The molecule has 5 heteroatoms. The molecule has 2 atom stereocenters. The minimum atomic E-state index is -0.0214. The molecular formula is C15H24N4O. The number of hydrogen-bond donors (Lipinski definition) is 2. The maximum Gasteiger partial charge on any atom is 0.269 e. The quantitative estimate of drug-likeness (QED) is 0.880. The van der Waals surface area contributed by atoms with Gasteiger partial charge in [-0.3, -0.25) is 9.69 Å². The van der Waals surface area contributed by atoms with Gasteiger partial charge in [0.1, 0.15) is 11.5 Å². The lowest BCUT2D eigenvalue weighted by atomic mass is 10.1. The molecule has 20 heavy (non-hydrogen) atoms. The number of aromatic nitrogens is 2. The van der Waals surface area contributed by atoms with Crippen molar-refractivity contribution in [3.8, 4) is 0 Å². The van der Waals surface area contributed by atoms with Crippen molar-refractivity contribution < 1.29 is 4.79 Å². The van der Waals surface area contributed by atoms with Gasteiger partial charge < -0.3 is 10.3 Å². The number of rotatable bonds is 4. The first-order valence-corrected chi connectivity index (χ1v) is 7.64. The zero-order chi connectivity index (χ0) is 14.3. The number of aromatic amines is 1. The molecule has 0 bridgehead atoms. The highest BCUT2D eigenvalue weighted by Crippen LogP contribution is 2.38. The topological polar surface area (TPSA) is 61.0 Å². The standard InChI is InChI=1S/C15H24N4O/c1-9(2)19-7-10(3)13(8-19)18-15(20)12-6-16-14(17-12)11-4-5-11/h6,9-11,13H,4-5,7-8H2,1-3H3,(H,16,17)(H,18,20). The lowest BCUT2D eigenvalue weighted by Gasteiger charge is -2.20. The van der Waals surface area contributed by atoms with E-state index in [0.29, 0.717) is 23.6 Å². The Labute approximate surface area is 120 Å². The molecule has 1 aliphatic carbocycles. The smallest absolute Gasteiger partial charge is 0.269 e. The summed E-state index contributed by atoms with van der Waals surface area (Å²) in [7, 11) is 0. The molecule has 0 spiro atoms. The first kappa shape index (κ1) is 13.6. The average molecular weight is 276 g/mol. The van der Waals surface area contributed by atoms with Crippen LogP contribution in [0.3, 0.4) is 0 Å². The molecule has 1 saturated heterocycles. The van der Waals surface area contributed by atoms with E-state index in [2.05, 4.69) is 41.0 Å². The van der Waals surface area contributed by atoms with Crippen LogP contribution in [0.1, 0.15) is 55.8 Å². The van der Waals surface area contributed by atoms with Gasteiger partial charge in [-0.25, -0.2) is 4.98 Å². The summed E-state index contributed by atoms with van der Waals surface area (Å²) >= 11 is 0. The number of amides is 1. The second-order valence-electron chi connectivity index (χ2n) is 6.56. The van der Waals surface area contributed by atoms with Crippen LogP contribution in [0.15, 0.2) is 6.20 Å². The largest absolute Gasteiger partial charge is 0.346 e. The van der Waals surface area contributed by atoms with E-state index in [0.717, 1.165) is 18.9 Å². The monoisotopic (exact) mass is 276 g/mol. The fourth-order valence-corrected chi connectivity index (χ4v) is 2.88. The average Bonchev–Trinajstić information content (AvgIpc) is 3.01. The third-order valence-electron chi connectivity index (χ3n) is 4.49. The minimum absolute atomic E-state index is 0.0214. The summed E-state index contributed by atoms with van der Waals surface area (Å²) in [6, 6.07) is 0.769. The molecular weight excluding hydrogens is 252 g/mol. The van der Waals surface area contributed by atoms with Crippen molar-refractivity contribution in [3.05, 3.63) is 17.7 Å². The van der Waals surface area contributed by atoms with Gasteiger partial charge in [0.15, 0.2) is 0 Å². The van der Waals surface area contributed by atoms with Crippen LogP contribution < -0.4 is 5.32 Å². The number of hydrogen-bond acceptors (Lipinski definition) is 3. The first-order valence-electron chi connectivity index (χ1n) is 7.64. The Morgan fingerprint density at radius 2 is 2.20 bits per heavy atom. The third kappa shape index (κ3) is 2.73. The summed E-state index contributed by atoms with van der Waals surface area (Å²) in [5.74, 6) is 2.00. The fraction of sp³-hybridized carbons (Fsp3) is 0.733. The Morgan fingerprint density at radius 3 is 2.80 bits per heavy atom. The van der Waals surface area contributed by atoms with Crippen LogP contribution >= 0.6 is 0 Å². The molecule has 5 nitrogen and oxygen atoms in total. The second-order valence-corrected chi connectivity index (χ2v) is 6.56. The Kier molecular flexibility index (Phi) is 3.54. The molecule has 110 valence electrons. The number of likely N-dealkylation sites (tertiary alicyclic amines) is 1. The molecule has 1 saturated carbocycles. The number of H-pyrrole nitrogens is 1. The minimum Gasteiger partial charge on any atom is -0.346 e. The van der Waals surface area contributed by atoms with E-state index in [9.17, 15) is 4.79 Å². The number of nitrogens with one attached hydrogen (secondary N) is 2. The van der Waals surface area contributed by atoms with Gasteiger partial charge in [0.05, 0.1) is 6.20 Å². The van der Waals surface area contributed by atoms with Crippen molar-refractivity contribution in [2.75, 3.05) is 13.1 Å². The van der Waals surface area contributed by atoms with Gasteiger partial charge in [0, 0.05) is 31.1 Å². The molecule has 3 rings (SSSR count). The number of carbonyl (C=O) groups is 1. The van der Waals surface area contributed by atoms with E-state index in [4.69, 9.17) is 0 Å². The van der Waals surface area contributed by atoms with Crippen LogP contribution in [0.5, 0.6) is 0 Å². The first-order chi connectivity index (χ1) is 9.54. The maximum absolute atomic E-state index is 12.3. The molecule has 1 aromatic rings. The maximum atomic E-state index is 12.3. The third-order valence-corrected chi connectivity index (χ3v) is 4.49. The highest BCUT2D eigenvalue weighted by Gasteiger charge is 2.32.